The van der Waals surface area contributed by atoms with Gasteiger partial charge in [-0.25, -0.2) is 4.98 Å². The number of fused-ring (bicyclic) bond motifs is 2. The van der Waals surface area contributed by atoms with Gasteiger partial charge in [0.2, 0.25) is 0 Å². The van der Waals surface area contributed by atoms with E-state index in [4.69, 9.17) is 4.74 Å². The SMILES string of the molecule is Cc1n[nH]c2ccc(-c3cnc4ccc(N5C[C@@H](C)O[C@@H](C)C5)cn34)cc12. The highest BCUT2D eigenvalue weighted by Gasteiger charge is 2.23. The Hall–Kier alpha value is -2.86. The van der Waals surface area contributed by atoms with E-state index in [0.717, 1.165) is 46.6 Å². The van der Waals surface area contributed by atoms with Crippen LogP contribution in [0.2, 0.25) is 0 Å². The minimum absolute atomic E-state index is 0.234. The maximum atomic E-state index is 5.88. The first-order chi connectivity index (χ1) is 13.1. The van der Waals surface area contributed by atoms with Crippen molar-refractivity contribution in [2.45, 2.75) is 33.0 Å². The van der Waals surface area contributed by atoms with Crippen LogP contribution in [-0.4, -0.2) is 44.9 Å². The van der Waals surface area contributed by atoms with Crippen molar-refractivity contribution in [1.29, 1.82) is 0 Å². The van der Waals surface area contributed by atoms with Crippen molar-refractivity contribution in [3.63, 3.8) is 0 Å². The summed E-state index contributed by atoms with van der Waals surface area (Å²) in [5.74, 6) is 0. The smallest absolute Gasteiger partial charge is 0.137 e. The molecule has 1 aliphatic heterocycles. The summed E-state index contributed by atoms with van der Waals surface area (Å²) in [6.45, 7) is 8.09. The van der Waals surface area contributed by atoms with Crippen molar-refractivity contribution in [3.05, 3.63) is 48.4 Å². The van der Waals surface area contributed by atoms with Gasteiger partial charge in [-0.1, -0.05) is 6.07 Å². The number of hydrogen-bond acceptors (Lipinski definition) is 4. The minimum atomic E-state index is 0.234. The monoisotopic (exact) mass is 361 g/mol. The lowest BCUT2D eigenvalue weighted by atomic mass is 10.1. The van der Waals surface area contributed by atoms with Gasteiger partial charge in [0, 0.05) is 30.2 Å². The second-order valence-electron chi connectivity index (χ2n) is 7.49. The highest BCUT2D eigenvalue weighted by Crippen LogP contribution is 2.28. The van der Waals surface area contributed by atoms with Crippen LogP contribution >= 0.6 is 0 Å². The molecule has 0 spiro atoms. The lowest BCUT2D eigenvalue weighted by Crippen LogP contribution is -2.45. The third-order valence-electron chi connectivity index (χ3n) is 5.32. The van der Waals surface area contributed by atoms with Gasteiger partial charge in [0.15, 0.2) is 0 Å². The van der Waals surface area contributed by atoms with Crippen LogP contribution in [0.1, 0.15) is 19.5 Å². The van der Waals surface area contributed by atoms with Crippen LogP contribution in [-0.2, 0) is 4.74 Å². The molecule has 4 heterocycles. The average molecular weight is 361 g/mol. The van der Waals surface area contributed by atoms with E-state index in [2.05, 4.69) is 74.9 Å². The van der Waals surface area contributed by atoms with Crippen molar-refractivity contribution < 1.29 is 4.74 Å². The fraction of sp³-hybridized carbons (Fsp3) is 0.333. The van der Waals surface area contributed by atoms with Crippen LogP contribution in [0.4, 0.5) is 5.69 Å². The standard InChI is InChI=1S/C21H23N5O/c1-13-10-25(11-14(2)27-13)17-5-7-21-22-9-20(26(21)12-17)16-4-6-19-18(8-16)15(3)23-24-19/h4-9,12-14H,10-11H2,1-3H3,(H,23,24)/t13-,14+. The maximum absolute atomic E-state index is 5.88. The zero-order chi connectivity index (χ0) is 18.5. The van der Waals surface area contributed by atoms with Gasteiger partial charge in [-0.05, 0) is 45.0 Å². The van der Waals surface area contributed by atoms with E-state index in [1.165, 1.54) is 5.69 Å². The fourth-order valence-corrected chi connectivity index (χ4v) is 4.06. The second kappa shape index (κ2) is 6.09. The molecule has 1 N–H and O–H groups in total. The number of benzene rings is 1. The van der Waals surface area contributed by atoms with Gasteiger partial charge in [0.1, 0.15) is 5.65 Å². The first-order valence-corrected chi connectivity index (χ1v) is 9.41. The number of pyridine rings is 1. The van der Waals surface area contributed by atoms with Crippen LogP contribution in [0.15, 0.2) is 42.7 Å². The molecule has 138 valence electrons. The number of hydrogen-bond donors (Lipinski definition) is 1. The van der Waals surface area contributed by atoms with E-state index in [1.54, 1.807) is 0 Å². The van der Waals surface area contributed by atoms with E-state index < -0.39 is 0 Å². The van der Waals surface area contributed by atoms with Crippen LogP contribution in [0.3, 0.4) is 0 Å². The van der Waals surface area contributed by atoms with E-state index in [-0.39, 0.29) is 12.2 Å². The molecule has 6 heteroatoms. The largest absolute Gasteiger partial charge is 0.372 e. The molecule has 6 nitrogen and oxygen atoms in total. The summed E-state index contributed by atoms with van der Waals surface area (Å²) in [5, 5.41) is 8.52. The Morgan fingerprint density at radius 2 is 1.93 bits per heavy atom. The maximum Gasteiger partial charge on any atom is 0.137 e. The molecule has 0 saturated carbocycles. The molecule has 0 radical (unpaired) electrons. The number of aromatic nitrogens is 4. The van der Waals surface area contributed by atoms with Crippen molar-refractivity contribution in [1.82, 2.24) is 19.6 Å². The Labute approximate surface area is 157 Å². The molecule has 4 aromatic rings. The molecule has 1 fully saturated rings. The van der Waals surface area contributed by atoms with Gasteiger partial charge in [-0.3, -0.25) is 9.50 Å². The Morgan fingerprint density at radius 3 is 2.74 bits per heavy atom. The predicted molar refractivity (Wildman–Crippen MR) is 107 cm³/mol. The number of imidazole rings is 1. The molecule has 0 amide bonds. The van der Waals surface area contributed by atoms with E-state index in [1.807, 2.05) is 13.1 Å². The fourth-order valence-electron chi connectivity index (χ4n) is 4.06. The van der Waals surface area contributed by atoms with Crippen molar-refractivity contribution in [2.75, 3.05) is 18.0 Å². The molecule has 27 heavy (non-hydrogen) atoms. The molecule has 0 unspecified atom stereocenters. The molecule has 0 aliphatic carbocycles. The summed E-state index contributed by atoms with van der Waals surface area (Å²) in [7, 11) is 0. The highest BCUT2D eigenvalue weighted by molar-refractivity contribution is 5.86. The van der Waals surface area contributed by atoms with Crippen LogP contribution in [0.5, 0.6) is 0 Å². The summed E-state index contributed by atoms with van der Waals surface area (Å²) >= 11 is 0. The summed E-state index contributed by atoms with van der Waals surface area (Å²) in [5.41, 5.74) is 6.44. The topological polar surface area (TPSA) is 58.5 Å². The van der Waals surface area contributed by atoms with Crippen LogP contribution in [0, 0.1) is 6.92 Å². The van der Waals surface area contributed by atoms with Gasteiger partial charge in [0.05, 0.1) is 41.0 Å². The van der Waals surface area contributed by atoms with Crippen molar-refractivity contribution in [3.8, 4) is 11.3 Å². The first kappa shape index (κ1) is 16.3. The Bertz CT molecular complexity index is 1120. The number of morpholine rings is 1. The van der Waals surface area contributed by atoms with Gasteiger partial charge in [0.25, 0.3) is 0 Å². The van der Waals surface area contributed by atoms with E-state index in [9.17, 15) is 0 Å². The molecule has 1 aromatic carbocycles. The number of aryl methyl sites for hydroxylation is 1. The Morgan fingerprint density at radius 1 is 1.11 bits per heavy atom. The number of anilines is 1. The molecule has 2 atom stereocenters. The number of aromatic amines is 1. The number of nitrogens with zero attached hydrogens (tertiary/aromatic N) is 4. The van der Waals surface area contributed by atoms with Gasteiger partial charge in [-0.15, -0.1) is 0 Å². The number of H-pyrrole nitrogens is 1. The molecular formula is C21H23N5O. The minimum Gasteiger partial charge on any atom is -0.372 e. The summed E-state index contributed by atoms with van der Waals surface area (Å²) in [4.78, 5) is 6.99. The molecule has 1 aliphatic rings. The van der Waals surface area contributed by atoms with E-state index >= 15 is 0 Å². The zero-order valence-corrected chi connectivity index (χ0v) is 15.8. The van der Waals surface area contributed by atoms with E-state index in [0.29, 0.717) is 0 Å². The molecule has 1 saturated heterocycles. The molecule has 3 aromatic heterocycles. The highest BCUT2D eigenvalue weighted by atomic mass is 16.5. The van der Waals surface area contributed by atoms with Crippen LogP contribution in [0.25, 0.3) is 27.8 Å². The lowest BCUT2D eigenvalue weighted by molar-refractivity contribution is -0.00523. The number of rotatable bonds is 2. The third-order valence-corrected chi connectivity index (χ3v) is 5.32. The molecule has 5 rings (SSSR count). The quantitative estimate of drug-likeness (QED) is 0.590. The Balaban J connectivity index is 1.59. The Kier molecular flexibility index (Phi) is 3.68. The zero-order valence-electron chi connectivity index (χ0n) is 15.8. The average Bonchev–Trinajstić information content (AvgIpc) is 3.24. The number of nitrogens with one attached hydrogen (secondary N) is 1. The van der Waals surface area contributed by atoms with Gasteiger partial charge < -0.3 is 9.64 Å². The van der Waals surface area contributed by atoms with Gasteiger partial charge >= 0.3 is 0 Å². The molecular weight excluding hydrogens is 338 g/mol. The van der Waals surface area contributed by atoms with Crippen LogP contribution < -0.4 is 4.90 Å². The summed E-state index contributed by atoms with van der Waals surface area (Å²) in [6, 6.07) is 10.6. The number of ether oxygens (including phenoxy) is 1. The second-order valence-corrected chi connectivity index (χ2v) is 7.49. The lowest BCUT2D eigenvalue weighted by Gasteiger charge is -2.36. The van der Waals surface area contributed by atoms with Crippen molar-refractivity contribution in [2.24, 2.45) is 0 Å². The third kappa shape index (κ3) is 2.77. The normalized spacial score (nSPS) is 20.6. The van der Waals surface area contributed by atoms with Gasteiger partial charge in [-0.2, -0.15) is 5.10 Å². The summed E-state index contributed by atoms with van der Waals surface area (Å²) in [6.07, 6.45) is 4.60. The summed E-state index contributed by atoms with van der Waals surface area (Å²) < 4.78 is 8.06. The molecule has 0 bridgehead atoms. The first-order valence-electron chi connectivity index (χ1n) is 9.41. The predicted octanol–water partition coefficient (Wildman–Crippen LogP) is 3.80. The van der Waals surface area contributed by atoms with Crippen molar-refractivity contribution >= 4 is 22.2 Å².